The van der Waals surface area contributed by atoms with E-state index in [2.05, 4.69) is 16.7 Å². The van der Waals surface area contributed by atoms with Gasteiger partial charge in [-0.1, -0.05) is 0 Å². The molecule has 0 aromatic rings. The molecule has 3 aliphatic heterocycles. The Balaban J connectivity index is 1.74. The fourth-order valence-electron chi connectivity index (χ4n) is 4.04. The molecule has 3 heterocycles. The van der Waals surface area contributed by atoms with Crippen LogP contribution < -0.4 is 5.73 Å². The molecule has 1 amide bonds. The Morgan fingerprint density at radius 2 is 2.10 bits per heavy atom. The zero-order valence-electron chi connectivity index (χ0n) is 12.5. The third-order valence-corrected chi connectivity index (χ3v) is 5.49. The highest BCUT2D eigenvalue weighted by atomic mass is 16.5. The van der Waals surface area contributed by atoms with Crippen molar-refractivity contribution in [3.05, 3.63) is 0 Å². The van der Waals surface area contributed by atoms with Gasteiger partial charge in [0, 0.05) is 44.9 Å². The van der Waals surface area contributed by atoms with E-state index in [1.165, 1.54) is 19.4 Å². The highest BCUT2D eigenvalue weighted by Crippen LogP contribution is 2.34. The first-order chi connectivity index (χ1) is 9.66. The summed E-state index contributed by atoms with van der Waals surface area (Å²) in [5.41, 5.74) is 5.62. The summed E-state index contributed by atoms with van der Waals surface area (Å²) in [5.74, 6) is 0.280. The van der Waals surface area contributed by atoms with Crippen LogP contribution in [-0.2, 0) is 9.53 Å². The first-order valence-corrected chi connectivity index (χ1v) is 7.99. The quantitative estimate of drug-likeness (QED) is 0.798. The molecule has 0 spiro atoms. The van der Waals surface area contributed by atoms with Crippen LogP contribution in [0.4, 0.5) is 0 Å². The van der Waals surface area contributed by atoms with E-state index < -0.39 is 0 Å². The molecule has 0 bridgehead atoms. The van der Waals surface area contributed by atoms with E-state index in [1.54, 1.807) is 0 Å². The van der Waals surface area contributed by atoms with Crippen LogP contribution in [0.5, 0.6) is 0 Å². The van der Waals surface area contributed by atoms with E-state index in [-0.39, 0.29) is 11.3 Å². The lowest BCUT2D eigenvalue weighted by Crippen LogP contribution is -2.61. The van der Waals surface area contributed by atoms with Gasteiger partial charge < -0.3 is 15.4 Å². The SMILES string of the molecule is CC1CN2CCCC2CN1C(=O)C1(CN)CCOCC1. The van der Waals surface area contributed by atoms with Crippen molar-refractivity contribution >= 4 is 5.91 Å². The van der Waals surface area contributed by atoms with Crippen LogP contribution in [0.3, 0.4) is 0 Å². The number of piperazine rings is 1. The minimum absolute atomic E-state index is 0.280. The van der Waals surface area contributed by atoms with Gasteiger partial charge in [-0.2, -0.15) is 0 Å². The number of ether oxygens (including phenoxy) is 1. The molecule has 3 rings (SSSR count). The van der Waals surface area contributed by atoms with Gasteiger partial charge >= 0.3 is 0 Å². The number of hydrogen-bond acceptors (Lipinski definition) is 4. The lowest BCUT2D eigenvalue weighted by Gasteiger charge is -2.47. The van der Waals surface area contributed by atoms with Crippen molar-refractivity contribution in [1.29, 1.82) is 0 Å². The molecule has 0 radical (unpaired) electrons. The van der Waals surface area contributed by atoms with Crippen molar-refractivity contribution in [1.82, 2.24) is 9.80 Å². The van der Waals surface area contributed by atoms with Gasteiger partial charge in [0.25, 0.3) is 0 Å². The molecule has 2 atom stereocenters. The Labute approximate surface area is 121 Å². The second-order valence-corrected chi connectivity index (χ2v) is 6.69. The normalized spacial score (nSPS) is 34.0. The van der Waals surface area contributed by atoms with E-state index in [9.17, 15) is 4.79 Å². The molecule has 0 aromatic carbocycles. The third kappa shape index (κ3) is 2.36. The molecule has 3 aliphatic rings. The van der Waals surface area contributed by atoms with E-state index in [0.717, 1.165) is 25.9 Å². The second kappa shape index (κ2) is 5.62. The number of nitrogens with two attached hydrogens (primary N) is 1. The molecule has 3 saturated heterocycles. The summed E-state index contributed by atoms with van der Waals surface area (Å²) in [6.45, 7) is 7.08. The van der Waals surface area contributed by atoms with Gasteiger partial charge in [0.05, 0.1) is 5.41 Å². The number of amides is 1. The fourth-order valence-corrected chi connectivity index (χ4v) is 4.04. The summed E-state index contributed by atoms with van der Waals surface area (Å²) in [6, 6.07) is 0.882. The van der Waals surface area contributed by atoms with Crippen molar-refractivity contribution in [2.45, 2.75) is 44.7 Å². The van der Waals surface area contributed by atoms with E-state index in [4.69, 9.17) is 10.5 Å². The number of fused-ring (bicyclic) bond motifs is 1. The number of carbonyl (C=O) groups is 1. The highest BCUT2D eigenvalue weighted by Gasteiger charge is 2.45. The van der Waals surface area contributed by atoms with Crippen LogP contribution in [0.25, 0.3) is 0 Å². The maximum atomic E-state index is 13.1. The van der Waals surface area contributed by atoms with Gasteiger partial charge in [-0.25, -0.2) is 0 Å². The Morgan fingerprint density at radius 1 is 1.35 bits per heavy atom. The van der Waals surface area contributed by atoms with Crippen LogP contribution in [0.1, 0.15) is 32.6 Å². The molecule has 114 valence electrons. The van der Waals surface area contributed by atoms with Crippen LogP contribution in [-0.4, -0.2) is 67.2 Å². The standard InChI is InChI=1S/C15H27N3O2/c1-12-9-17-6-2-3-13(17)10-18(12)14(19)15(11-16)4-7-20-8-5-15/h12-13H,2-11,16H2,1H3. The predicted octanol–water partition coefficient (Wildman–Crippen LogP) is 0.437. The number of nitrogens with zero attached hydrogens (tertiary/aromatic N) is 2. The van der Waals surface area contributed by atoms with Crippen molar-refractivity contribution in [3.63, 3.8) is 0 Å². The fraction of sp³-hybridized carbons (Fsp3) is 0.933. The van der Waals surface area contributed by atoms with Gasteiger partial charge in [0.2, 0.25) is 5.91 Å². The maximum Gasteiger partial charge on any atom is 0.230 e. The van der Waals surface area contributed by atoms with Crippen molar-refractivity contribution < 1.29 is 9.53 Å². The third-order valence-electron chi connectivity index (χ3n) is 5.49. The summed E-state index contributed by atoms with van der Waals surface area (Å²) in [7, 11) is 0. The van der Waals surface area contributed by atoms with Crippen molar-refractivity contribution in [3.8, 4) is 0 Å². The minimum Gasteiger partial charge on any atom is -0.381 e. The summed E-state index contributed by atoms with van der Waals surface area (Å²) >= 11 is 0. The number of carbonyl (C=O) groups excluding carboxylic acids is 1. The second-order valence-electron chi connectivity index (χ2n) is 6.69. The summed E-state index contributed by atoms with van der Waals surface area (Å²) < 4.78 is 5.43. The largest absolute Gasteiger partial charge is 0.381 e. The van der Waals surface area contributed by atoms with E-state index in [0.29, 0.717) is 31.8 Å². The monoisotopic (exact) mass is 281 g/mol. The van der Waals surface area contributed by atoms with Gasteiger partial charge in [0.15, 0.2) is 0 Å². The highest BCUT2D eigenvalue weighted by molar-refractivity contribution is 5.83. The first kappa shape index (κ1) is 14.3. The lowest BCUT2D eigenvalue weighted by molar-refractivity contribution is -0.153. The Bertz CT molecular complexity index is 368. The molecule has 5 heteroatoms. The minimum atomic E-state index is -0.368. The smallest absolute Gasteiger partial charge is 0.230 e. The molecule has 0 aliphatic carbocycles. The molecule has 20 heavy (non-hydrogen) atoms. The topological polar surface area (TPSA) is 58.8 Å². The summed E-state index contributed by atoms with van der Waals surface area (Å²) in [6.07, 6.45) is 4.06. The van der Waals surface area contributed by atoms with Gasteiger partial charge in [0.1, 0.15) is 0 Å². The summed E-state index contributed by atoms with van der Waals surface area (Å²) in [5, 5.41) is 0. The first-order valence-electron chi connectivity index (χ1n) is 7.99. The van der Waals surface area contributed by atoms with Gasteiger partial charge in [-0.05, 0) is 39.2 Å². The van der Waals surface area contributed by atoms with Crippen LogP contribution in [0.2, 0.25) is 0 Å². The van der Waals surface area contributed by atoms with Gasteiger partial charge in [-0.15, -0.1) is 0 Å². The molecule has 0 saturated carbocycles. The number of hydrogen-bond donors (Lipinski definition) is 1. The van der Waals surface area contributed by atoms with E-state index >= 15 is 0 Å². The zero-order chi connectivity index (χ0) is 14.2. The van der Waals surface area contributed by atoms with Gasteiger partial charge in [-0.3, -0.25) is 9.69 Å². The zero-order valence-corrected chi connectivity index (χ0v) is 12.5. The molecule has 5 nitrogen and oxygen atoms in total. The lowest BCUT2D eigenvalue weighted by atomic mass is 9.78. The van der Waals surface area contributed by atoms with Crippen LogP contribution in [0, 0.1) is 5.41 Å². The molecule has 3 fully saturated rings. The maximum absolute atomic E-state index is 13.1. The Morgan fingerprint density at radius 3 is 2.80 bits per heavy atom. The van der Waals surface area contributed by atoms with Crippen LogP contribution in [0.15, 0.2) is 0 Å². The number of rotatable bonds is 2. The average molecular weight is 281 g/mol. The van der Waals surface area contributed by atoms with Crippen molar-refractivity contribution in [2.75, 3.05) is 39.4 Å². The average Bonchev–Trinajstić information content (AvgIpc) is 2.93. The van der Waals surface area contributed by atoms with Crippen LogP contribution >= 0.6 is 0 Å². The molecular weight excluding hydrogens is 254 g/mol. The molecule has 2 N–H and O–H groups in total. The van der Waals surface area contributed by atoms with E-state index in [1.807, 2.05) is 0 Å². The predicted molar refractivity (Wildman–Crippen MR) is 77.3 cm³/mol. The molecule has 0 aromatic heterocycles. The Hall–Kier alpha value is -0.650. The summed E-state index contributed by atoms with van der Waals surface area (Å²) in [4.78, 5) is 17.7. The molecule has 2 unspecified atom stereocenters. The molecular formula is C15H27N3O2. The van der Waals surface area contributed by atoms with Crippen molar-refractivity contribution in [2.24, 2.45) is 11.1 Å². The Kier molecular flexibility index (Phi) is 4.02.